The maximum absolute atomic E-state index is 12.9. The van der Waals surface area contributed by atoms with E-state index < -0.39 is 0 Å². The second kappa shape index (κ2) is 7.87. The number of nitrogens with one attached hydrogen (secondary N) is 1. The molecule has 1 aromatic rings. The highest BCUT2D eigenvalue weighted by Crippen LogP contribution is 2.20. The molecule has 0 spiro atoms. The molecule has 1 N–H and O–H groups in total. The number of hydrogen-bond donors (Lipinski definition) is 1. The van der Waals surface area contributed by atoms with Crippen LogP contribution in [0.3, 0.4) is 0 Å². The molecule has 1 saturated heterocycles. The molecule has 2 unspecified atom stereocenters. The molecule has 1 fully saturated rings. The fraction of sp³-hybridized carbons (Fsp3) is 0.647. The number of benzene rings is 1. The van der Waals surface area contributed by atoms with Crippen molar-refractivity contribution in [1.29, 1.82) is 0 Å². The first-order chi connectivity index (χ1) is 10.0. The summed E-state index contributed by atoms with van der Waals surface area (Å²) in [4.78, 5) is 2.25. The van der Waals surface area contributed by atoms with Crippen LogP contribution in [-0.2, 0) is 11.3 Å². The minimum Gasteiger partial charge on any atom is -0.372 e. The molecule has 0 radical (unpaired) electrons. The van der Waals surface area contributed by atoms with Crippen molar-refractivity contribution in [3.63, 3.8) is 0 Å². The molecule has 1 aliphatic rings. The van der Waals surface area contributed by atoms with Crippen LogP contribution in [0.4, 0.5) is 4.39 Å². The minimum absolute atomic E-state index is 0.180. The summed E-state index contributed by atoms with van der Waals surface area (Å²) in [6.45, 7) is 7.01. The molecule has 0 aromatic heterocycles. The molecule has 1 aromatic carbocycles. The molecule has 21 heavy (non-hydrogen) atoms. The Labute approximate surface area is 127 Å². The average molecular weight is 294 g/mol. The van der Waals surface area contributed by atoms with Crippen LogP contribution in [0.2, 0.25) is 0 Å². The van der Waals surface area contributed by atoms with Crippen molar-refractivity contribution in [2.75, 3.05) is 20.1 Å². The third-order valence-corrected chi connectivity index (χ3v) is 3.83. The van der Waals surface area contributed by atoms with Gasteiger partial charge in [0.05, 0.1) is 12.2 Å². The first-order valence-electron chi connectivity index (χ1n) is 7.84. The van der Waals surface area contributed by atoms with Crippen LogP contribution in [0.15, 0.2) is 24.3 Å². The van der Waals surface area contributed by atoms with E-state index in [1.54, 1.807) is 0 Å². The standard InChI is InChI=1S/C17H27FN2O/c1-13(2)19-10-16-8-9-17(21-16)12-20(3)11-14-4-6-15(18)7-5-14/h4-7,13,16-17,19H,8-12H2,1-3H3. The monoisotopic (exact) mass is 294 g/mol. The Hall–Kier alpha value is -0.970. The van der Waals surface area contributed by atoms with Crippen LogP contribution in [0, 0.1) is 5.82 Å². The van der Waals surface area contributed by atoms with Crippen molar-refractivity contribution in [3.05, 3.63) is 35.6 Å². The van der Waals surface area contributed by atoms with Crippen molar-refractivity contribution in [1.82, 2.24) is 10.2 Å². The summed E-state index contributed by atoms with van der Waals surface area (Å²) >= 11 is 0. The summed E-state index contributed by atoms with van der Waals surface area (Å²) in [6, 6.07) is 7.23. The number of rotatable bonds is 7. The van der Waals surface area contributed by atoms with E-state index in [1.807, 2.05) is 12.1 Å². The molecule has 0 aliphatic carbocycles. The van der Waals surface area contributed by atoms with E-state index in [9.17, 15) is 4.39 Å². The van der Waals surface area contributed by atoms with Crippen molar-refractivity contribution < 1.29 is 9.13 Å². The average Bonchev–Trinajstić information content (AvgIpc) is 2.86. The van der Waals surface area contributed by atoms with Crippen LogP contribution >= 0.6 is 0 Å². The molecule has 4 heteroatoms. The highest BCUT2D eigenvalue weighted by atomic mass is 19.1. The van der Waals surface area contributed by atoms with E-state index in [1.165, 1.54) is 12.1 Å². The van der Waals surface area contributed by atoms with E-state index in [0.717, 1.165) is 38.0 Å². The highest BCUT2D eigenvalue weighted by molar-refractivity contribution is 5.15. The fourth-order valence-corrected chi connectivity index (χ4v) is 2.75. The largest absolute Gasteiger partial charge is 0.372 e. The van der Waals surface area contributed by atoms with Crippen LogP contribution in [0.25, 0.3) is 0 Å². The molecular formula is C17H27FN2O. The SMILES string of the molecule is CC(C)NCC1CCC(CN(C)Cc2ccc(F)cc2)O1. The third kappa shape index (κ3) is 5.73. The second-order valence-corrected chi connectivity index (χ2v) is 6.34. The number of likely N-dealkylation sites (N-methyl/N-ethyl adjacent to an activating group) is 1. The van der Waals surface area contributed by atoms with Crippen molar-refractivity contribution in [2.24, 2.45) is 0 Å². The maximum atomic E-state index is 12.9. The molecule has 0 bridgehead atoms. The summed E-state index contributed by atoms with van der Waals surface area (Å²) in [7, 11) is 2.09. The molecule has 2 atom stereocenters. The Kier molecular flexibility index (Phi) is 6.15. The van der Waals surface area contributed by atoms with Gasteiger partial charge < -0.3 is 10.1 Å². The maximum Gasteiger partial charge on any atom is 0.123 e. The van der Waals surface area contributed by atoms with Crippen molar-refractivity contribution >= 4 is 0 Å². The van der Waals surface area contributed by atoms with E-state index in [-0.39, 0.29) is 5.82 Å². The predicted octanol–water partition coefficient (Wildman–Crippen LogP) is 2.80. The van der Waals surface area contributed by atoms with Gasteiger partial charge in [-0.25, -0.2) is 4.39 Å². The summed E-state index contributed by atoms with van der Waals surface area (Å²) < 4.78 is 19.0. The van der Waals surface area contributed by atoms with Gasteiger partial charge in [0, 0.05) is 25.7 Å². The Morgan fingerprint density at radius 2 is 1.90 bits per heavy atom. The quantitative estimate of drug-likeness (QED) is 0.837. The zero-order valence-corrected chi connectivity index (χ0v) is 13.3. The summed E-state index contributed by atoms with van der Waals surface area (Å²) in [6.07, 6.45) is 2.92. The zero-order valence-electron chi connectivity index (χ0n) is 13.3. The van der Waals surface area contributed by atoms with E-state index in [0.29, 0.717) is 18.2 Å². The fourth-order valence-electron chi connectivity index (χ4n) is 2.75. The van der Waals surface area contributed by atoms with Crippen LogP contribution in [0.1, 0.15) is 32.3 Å². The van der Waals surface area contributed by atoms with Gasteiger partial charge in [0.15, 0.2) is 0 Å². The zero-order chi connectivity index (χ0) is 15.2. The summed E-state index contributed by atoms with van der Waals surface area (Å²) in [5, 5.41) is 3.43. The minimum atomic E-state index is -0.180. The van der Waals surface area contributed by atoms with Crippen LogP contribution in [0.5, 0.6) is 0 Å². The number of ether oxygens (including phenoxy) is 1. The lowest BCUT2D eigenvalue weighted by molar-refractivity contribution is 0.0259. The molecule has 1 heterocycles. The molecule has 2 rings (SSSR count). The van der Waals surface area contributed by atoms with Gasteiger partial charge in [-0.05, 0) is 37.6 Å². The lowest BCUT2D eigenvalue weighted by Crippen LogP contribution is -2.34. The lowest BCUT2D eigenvalue weighted by Gasteiger charge is -2.22. The molecular weight excluding hydrogens is 267 g/mol. The van der Waals surface area contributed by atoms with Gasteiger partial charge in [0.25, 0.3) is 0 Å². The molecule has 0 saturated carbocycles. The Bertz CT molecular complexity index is 421. The van der Waals surface area contributed by atoms with Gasteiger partial charge in [0.2, 0.25) is 0 Å². The molecule has 118 valence electrons. The topological polar surface area (TPSA) is 24.5 Å². The molecule has 3 nitrogen and oxygen atoms in total. The number of halogens is 1. The number of hydrogen-bond acceptors (Lipinski definition) is 3. The van der Waals surface area contributed by atoms with E-state index in [2.05, 4.69) is 31.1 Å². The van der Waals surface area contributed by atoms with Gasteiger partial charge in [-0.3, -0.25) is 4.90 Å². The third-order valence-electron chi connectivity index (χ3n) is 3.83. The van der Waals surface area contributed by atoms with E-state index in [4.69, 9.17) is 4.74 Å². The summed E-state index contributed by atoms with van der Waals surface area (Å²) in [5.74, 6) is -0.180. The van der Waals surface area contributed by atoms with Gasteiger partial charge in [-0.15, -0.1) is 0 Å². The predicted molar refractivity (Wildman–Crippen MR) is 83.8 cm³/mol. The first-order valence-corrected chi connectivity index (χ1v) is 7.84. The first kappa shape index (κ1) is 16.4. The number of nitrogens with zero attached hydrogens (tertiary/aromatic N) is 1. The van der Waals surface area contributed by atoms with Crippen LogP contribution < -0.4 is 5.32 Å². The Morgan fingerprint density at radius 3 is 2.57 bits per heavy atom. The highest BCUT2D eigenvalue weighted by Gasteiger charge is 2.25. The van der Waals surface area contributed by atoms with Gasteiger partial charge >= 0.3 is 0 Å². The Morgan fingerprint density at radius 1 is 1.24 bits per heavy atom. The summed E-state index contributed by atoms with van der Waals surface area (Å²) in [5.41, 5.74) is 1.13. The Balaban J connectivity index is 1.71. The van der Waals surface area contributed by atoms with Gasteiger partial charge in [-0.1, -0.05) is 26.0 Å². The smallest absolute Gasteiger partial charge is 0.123 e. The molecule has 0 amide bonds. The van der Waals surface area contributed by atoms with Gasteiger partial charge in [0.1, 0.15) is 5.82 Å². The van der Waals surface area contributed by atoms with Crippen molar-refractivity contribution in [2.45, 2.75) is 51.5 Å². The normalized spacial score (nSPS) is 22.4. The lowest BCUT2D eigenvalue weighted by atomic mass is 10.1. The second-order valence-electron chi connectivity index (χ2n) is 6.34. The van der Waals surface area contributed by atoms with Crippen LogP contribution in [-0.4, -0.2) is 43.3 Å². The molecule has 1 aliphatic heterocycles. The van der Waals surface area contributed by atoms with Crippen molar-refractivity contribution in [3.8, 4) is 0 Å². The van der Waals surface area contributed by atoms with Gasteiger partial charge in [-0.2, -0.15) is 0 Å². The van der Waals surface area contributed by atoms with E-state index >= 15 is 0 Å².